The number of halogens is 4. The number of alkyl halides is 3. The number of benzene rings is 1. The molecule has 4 nitrogen and oxygen atoms in total. The van der Waals surface area contributed by atoms with Crippen LogP contribution in [0.5, 0.6) is 0 Å². The van der Waals surface area contributed by atoms with E-state index in [0.717, 1.165) is 6.07 Å². The Morgan fingerprint density at radius 1 is 1.10 bits per heavy atom. The summed E-state index contributed by atoms with van der Waals surface area (Å²) in [4.78, 5) is 11.1. The van der Waals surface area contributed by atoms with Crippen LogP contribution in [0.3, 0.4) is 0 Å². The largest absolute Gasteiger partial charge is 0.433 e. The van der Waals surface area contributed by atoms with Gasteiger partial charge in [0, 0.05) is 6.07 Å². The number of hydrogen-bond donors (Lipinski definition) is 0. The van der Waals surface area contributed by atoms with Crippen LogP contribution in [0.1, 0.15) is 5.69 Å². The smallest absolute Gasteiger partial charge is 0.283 e. The molecule has 20 heavy (non-hydrogen) atoms. The molecule has 0 saturated carbocycles. The number of fused-ring (bicyclic) bond motifs is 1. The van der Waals surface area contributed by atoms with E-state index in [4.69, 9.17) is 11.6 Å². The van der Waals surface area contributed by atoms with E-state index >= 15 is 0 Å². The Balaban J connectivity index is 2.22. The van der Waals surface area contributed by atoms with Crippen molar-refractivity contribution < 1.29 is 13.2 Å². The predicted octanol–water partition coefficient (Wildman–Crippen LogP) is 3.49. The zero-order chi connectivity index (χ0) is 14.3. The average Bonchev–Trinajstić information content (AvgIpc) is 2.80. The molecule has 0 bridgehead atoms. The predicted molar refractivity (Wildman–Crippen MR) is 66.7 cm³/mol. The lowest BCUT2D eigenvalue weighted by molar-refractivity contribution is -0.141. The van der Waals surface area contributed by atoms with Crippen molar-refractivity contribution in [2.45, 2.75) is 6.18 Å². The highest BCUT2D eigenvalue weighted by Gasteiger charge is 2.33. The summed E-state index contributed by atoms with van der Waals surface area (Å²) in [5, 5.41) is -0.465. The zero-order valence-corrected chi connectivity index (χ0v) is 10.5. The van der Waals surface area contributed by atoms with E-state index in [1.807, 2.05) is 0 Å². The summed E-state index contributed by atoms with van der Waals surface area (Å²) in [6, 6.07) is 7.85. The molecule has 8 heteroatoms. The summed E-state index contributed by atoms with van der Waals surface area (Å²) in [5.41, 5.74) is 0.191. The highest BCUT2D eigenvalue weighted by atomic mass is 35.5. The molecule has 0 N–H and O–H groups in total. The average molecular weight is 299 g/mol. The highest BCUT2D eigenvalue weighted by molar-refractivity contribution is 6.28. The first-order valence-electron chi connectivity index (χ1n) is 5.49. The Hall–Kier alpha value is -2.15. The molecular formula is C12H6ClF3N4. The normalized spacial score (nSPS) is 12.0. The lowest BCUT2D eigenvalue weighted by Crippen LogP contribution is -2.11. The monoisotopic (exact) mass is 298 g/mol. The number of rotatable bonds is 1. The van der Waals surface area contributed by atoms with E-state index in [2.05, 4.69) is 15.0 Å². The second-order valence-corrected chi connectivity index (χ2v) is 4.32. The van der Waals surface area contributed by atoms with Gasteiger partial charge >= 0.3 is 6.18 Å². The molecule has 0 aliphatic rings. The lowest BCUT2D eigenvalue weighted by atomic mass is 10.3. The lowest BCUT2D eigenvalue weighted by Gasteiger charge is -2.09. The molecule has 1 aromatic carbocycles. The van der Waals surface area contributed by atoms with Gasteiger partial charge in [0.25, 0.3) is 0 Å². The van der Waals surface area contributed by atoms with Crippen molar-refractivity contribution in [3.8, 4) is 5.82 Å². The molecule has 3 rings (SSSR count). The summed E-state index contributed by atoms with van der Waals surface area (Å²) in [6.07, 6.45) is -3.19. The Labute approximate surface area is 115 Å². The van der Waals surface area contributed by atoms with Crippen LogP contribution in [0.15, 0.2) is 36.7 Å². The van der Waals surface area contributed by atoms with E-state index in [0.29, 0.717) is 11.0 Å². The van der Waals surface area contributed by atoms with E-state index in [1.54, 1.807) is 24.3 Å². The van der Waals surface area contributed by atoms with Crippen LogP contribution in [0, 0.1) is 0 Å². The fourth-order valence-electron chi connectivity index (χ4n) is 1.82. The number of nitrogens with zero attached hydrogens (tertiary/aromatic N) is 4. The van der Waals surface area contributed by atoms with Crippen LogP contribution in [-0.4, -0.2) is 19.5 Å². The van der Waals surface area contributed by atoms with Gasteiger partial charge in [0.05, 0.1) is 11.0 Å². The van der Waals surface area contributed by atoms with Crippen molar-refractivity contribution in [3.05, 3.63) is 47.6 Å². The molecule has 0 spiro atoms. The van der Waals surface area contributed by atoms with Crippen molar-refractivity contribution >= 4 is 22.6 Å². The van der Waals surface area contributed by atoms with Gasteiger partial charge < -0.3 is 0 Å². The van der Waals surface area contributed by atoms with Crippen molar-refractivity contribution in [2.24, 2.45) is 0 Å². The molecule has 0 aliphatic carbocycles. The van der Waals surface area contributed by atoms with Gasteiger partial charge in [-0.3, -0.25) is 4.57 Å². The van der Waals surface area contributed by atoms with E-state index in [-0.39, 0.29) is 5.82 Å². The standard InChI is InChI=1S/C12H6ClF3N4/c13-11-18-9(12(14,15)16)5-10(19-11)20-6-17-7-3-1-2-4-8(7)20/h1-6H. The summed E-state index contributed by atoms with van der Waals surface area (Å²) in [6.45, 7) is 0. The van der Waals surface area contributed by atoms with Crippen LogP contribution in [0.2, 0.25) is 5.28 Å². The van der Waals surface area contributed by atoms with Gasteiger partial charge in [-0.25, -0.2) is 9.97 Å². The maximum Gasteiger partial charge on any atom is 0.433 e. The zero-order valence-electron chi connectivity index (χ0n) is 9.76. The van der Waals surface area contributed by atoms with E-state index < -0.39 is 17.2 Å². The first-order valence-corrected chi connectivity index (χ1v) is 5.87. The van der Waals surface area contributed by atoms with Gasteiger partial charge in [0.2, 0.25) is 5.28 Å². The Morgan fingerprint density at radius 3 is 2.60 bits per heavy atom. The molecule has 2 heterocycles. The molecule has 0 atom stereocenters. The van der Waals surface area contributed by atoms with Crippen molar-refractivity contribution in [1.29, 1.82) is 0 Å². The van der Waals surface area contributed by atoms with Gasteiger partial charge in [0.15, 0.2) is 5.69 Å². The summed E-state index contributed by atoms with van der Waals surface area (Å²) in [5.74, 6) is 0.0195. The van der Waals surface area contributed by atoms with Gasteiger partial charge in [-0.1, -0.05) is 12.1 Å². The van der Waals surface area contributed by atoms with Crippen LogP contribution in [0.4, 0.5) is 13.2 Å². The van der Waals surface area contributed by atoms with Crippen molar-refractivity contribution in [2.75, 3.05) is 0 Å². The summed E-state index contributed by atoms with van der Waals surface area (Å²) >= 11 is 5.57. The highest BCUT2D eigenvalue weighted by Crippen LogP contribution is 2.29. The fraction of sp³-hybridized carbons (Fsp3) is 0.0833. The molecule has 0 amide bonds. The van der Waals surface area contributed by atoms with Crippen LogP contribution < -0.4 is 0 Å². The number of aromatic nitrogens is 4. The topological polar surface area (TPSA) is 43.6 Å². The third kappa shape index (κ3) is 2.20. The fourth-order valence-corrected chi connectivity index (χ4v) is 1.99. The summed E-state index contributed by atoms with van der Waals surface area (Å²) in [7, 11) is 0. The summed E-state index contributed by atoms with van der Waals surface area (Å²) < 4.78 is 39.6. The molecule has 0 saturated heterocycles. The Morgan fingerprint density at radius 2 is 1.85 bits per heavy atom. The first kappa shape index (κ1) is 12.9. The van der Waals surface area contributed by atoms with Crippen molar-refractivity contribution in [3.63, 3.8) is 0 Å². The van der Waals surface area contributed by atoms with Crippen LogP contribution >= 0.6 is 11.6 Å². The van der Waals surface area contributed by atoms with E-state index in [1.165, 1.54) is 10.9 Å². The van der Waals surface area contributed by atoms with Gasteiger partial charge in [-0.2, -0.15) is 18.2 Å². The number of hydrogen-bond acceptors (Lipinski definition) is 3. The third-order valence-electron chi connectivity index (χ3n) is 2.68. The molecule has 0 radical (unpaired) electrons. The molecule has 0 aliphatic heterocycles. The minimum absolute atomic E-state index is 0.0195. The van der Waals surface area contributed by atoms with Crippen molar-refractivity contribution in [1.82, 2.24) is 19.5 Å². The molecule has 3 aromatic rings. The minimum atomic E-state index is -4.59. The Bertz CT molecular complexity index is 782. The SMILES string of the molecule is FC(F)(F)c1cc(-n2cnc3ccccc32)nc(Cl)n1. The van der Waals surface area contributed by atoms with E-state index in [9.17, 15) is 13.2 Å². The Kier molecular flexibility index (Phi) is 2.86. The second kappa shape index (κ2) is 4.45. The quantitative estimate of drug-likeness (QED) is 0.646. The molecule has 0 fully saturated rings. The molecule has 0 unspecified atom stereocenters. The van der Waals surface area contributed by atoms with Gasteiger partial charge in [-0.05, 0) is 23.7 Å². The molecule has 102 valence electrons. The number of para-hydroxylation sites is 2. The van der Waals surface area contributed by atoms with Crippen LogP contribution in [-0.2, 0) is 6.18 Å². The third-order valence-corrected chi connectivity index (χ3v) is 2.85. The van der Waals surface area contributed by atoms with Gasteiger partial charge in [-0.15, -0.1) is 0 Å². The van der Waals surface area contributed by atoms with Gasteiger partial charge in [0.1, 0.15) is 12.1 Å². The molecule has 2 aromatic heterocycles. The molecular weight excluding hydrogens is 293 g/mol. The maximum atomic E-state index is 12.7. The second-order valence-electron chi connectivity index (χ2n) is 3.98. The number of imidazole rings is 1. The first-order chi connectivity index (χ1) is 9.45. The van der Waals surface area contributed by atoms with Crippen LogP contribution in [0.25, 0.3) is 16.9 Å². The minimum Gasteiger partial charge on any atom is -0.283 e. The maximum absolute atomic E-state index is 12.7.